The van der Waals surface area contributed by atoms with Gasteiger partial charge in [-0.2, -0.15) is 11.8 Å². The Balaban J connectivity index is 2.95. The number of sulfonamides is 1. The van der Waals surface area contributed by atoms with Gasteiger partial charge in [0, 0.05) is 19.3 Å². The fourth-order valence-electron chi connectivity index (χ4n) is 1.32. The van der Waals surface area contributed by atoms with Crippen LogP contribution in [0.5, 0.6) is 0 Å². The molecule has 0 unspecified atom stereocenters. The topological polar surface area (TPSA) is 57.6 Å². The van der Waals surface area contributed by atoms with Gasteiger partial charge < -0.3 is 5.11 Å². The lowest BCUT2D eigenvalue weighted by Gasteiger charge is -2.16. The van der Waals surface area contributed by atoms with Crippen LogP contribution in [0.3, 0.4) is 0 Å². The van der Waals surface area contributed by atoms with Crippen LogP contribution < -0.4 is 0 Å². The monoisotopic (exact) mass is 275 g/mol. The Morgan fingerprint density at radius 3 is 2.71 bits per heavy atom. The summed E-state index contributed by atoms with van der Waals surface area (Å²) in [5, 5.41) is 9.00. The lowest BCUT2D eigenvalue weighted by Crippen LogP contribution is -2.29. The summed E-state index contributed by atoms with van der Waals surface area (Å²) in [5.74, 6) is 0.759. The Morgan fingerprint density at radius 1 is 1.41 bits per heavy atom. The predicted octanol–water partition coefficient (Wildman–Crippen LogP) is 1.16. The van der Waals surface area contributed by atoms with Crippen LogP contribution >= 0.6 is 11.8 Å². The van der Waals surface area contributed by atoms with Gasteiger partial charge in [-0.3, -0.25) is 0 Å². The average molecular weight is 275 g/mol. The molecule has 0 atom stereocenters. The van der Waals surface area contributed by atoms with Gasteiger partial charge in [-0.05, 0) is 24.0 Å². The summed E-state index contributed by atoms with van der Waals surface area (Å²) < 4.78 is 25.6. The number of aliphatic hydroxyl groups is 1. The van der Waals surface area contributed by atoms with Crippen molar-refractivity contribution in [2.24, 2.45) is 0 Å². The molecule has 0 saturated heterocycles. The van der Waals surface area contributed by atoms with E-state index in [1.54, 1.807) is 37.0 Å². The van der Waals surface area contributed by atoms with Gasteiger partial charge >= 0.3 is 0 Å². The SMILES string of the molecule is CSCCN(C)S(=O)(=O)c1cccc(CO)c1. The first kappa shape index (κ1) is 14.5. The molecule has 1 aromatic carbocycles. The van der Waals surface area contributed by atoms with Crippen molar-refractivity contribution in [2.75, 3.05) is 25.6 Å². The van der Waals surface area contributed by atoms with Crippen molar-refractivity contribution in [3.8, 4) is 0 Å². The highest BCUT2D eigenvalue weighted by Gasteiger charge is 2.20. The molecule has 17 heavy (non-hydrogen) atoms. The lowest BCUT2D eigenvalue weighted by molar-refractivity contribution is 0.281. The van der Waals surface area contributed by atoms with Gasteiger partial charge in [-0.25, -0.2) is 12.7 Å². The number of thioether (sulfide) groups is 1. The van der Waals surface area contributed by atoms with Crippen LogP contribution in [0.25, 0.3) is 0 Å². The molecule has 1 aromatic rings. The maximum atomic E-state index is 12.1. The first-order valence-corrected chi connectivity index (χ1v) is 8.01. The minimum absolute atomic E-state index is 0.155. The number of hydrogen-bond donors (Lipinski definition) is 1. The van der Waals surface area contributed by atoms with E-state index in [1.807, 2.05) is 6.26 Å². The molecule has 0 aromatic heterocycles. The molecule has 0 radical (unpaired) electrons. The lowest BCUT2D eigenvalue weighted by atomic mass is 10.2. The first-order chi connectivity index (χ1) is 8.02. The maximum absolute atomic E-state index is 12.1. The second kappa shape index (κ2) is 6.39. The molecule has 0 bridgehead atoms. The van der Waals surface area contributed by atoms with Crippen LogP contribution in [0.4, 0.5) is 0 Å². The number of nitrogens with zero attached hydrogens (tertiary/aromatic N) is 1. The van der Waals surface area contributed by atoms with E-state index >= 15 is 0 Å². The van der Waals surface area contributed by atoms with E-state index in [2.05, 4.69) is 0 Å². The largest absolute Gasteiger partial charge is 0.392 e. The number of hydrogen-bond acceptors (Lipinski definition) is 4. The van der Waals surface area contributed by atoms with E-state index < -0.39 is 10.0 Å². The summed E-state index contributed by atoms with van der Waals surface area (Å²) in [4.78, 5) is 0.229. The zero-order valence-corrected chi connectivity index (χ0v) is 11.6. The molecular formula is C11H17NO3S2. The molecule has 96 valence electrons. The van der Waals surface area contributed by atoms with Crippen LogP contribution in [-0.2, 0) is 16.6 Å². The van der Waals surface area contributed by atoms with Crippen LogP contribution in [0.2, 0.25) is 0 Å². The van der Waals surface area contributed by atoms with Crippen LogP contribution in [0.15, 0.2) is 29.2 Å². The fourth-order valence-corrected chi connectivity index (χ4v) is 3.14. The van der Waals surface area contributed by atoms with Gasteiger partial charge in [0.15, 0.2) is 0 Å². The number of rotatable bonds is 6. The fraction of sp³-hybridized carbons (Fsp3) is 0.455. The van der Waals surface area contributed by atoms with Gasteiger partial charge in [0.05, 0.1) is 11.5 Å². The molecule has 0 fully saturated rings. The van der Waals surface area contributed by atoms with Gasteiger partial charge in [0.25, 0.3) is 0 Å². The second-order valence-electron chi connectivity index (χ2n) is 3.62. The van der Waals surface area contributed by atoms with E-state index in [4.69, 9.17) is 5.11 Å². The summed E-state index contributed by atoms with van der Waals surface area (Å²) in [6.07, 6.45) is 1.94. The van der Waals surface area contributed by atoms with E-state index in [0.717, 1.165) is 5.75 Å². The molecule has 0 heterocycles. The molecule has 0 aliphatic rings. The summed E-state index contributed by atoms with van der Waals surface area (Å²) in [7, 11) is -1.87. The smallest absolute Gasteiger partial charge is 0.242 e. The predicted molar refractivity (Wildman–Crippen MR) is 70.6 cm³/mol. The van der Waals surface area contributed by atoms with Gasteiger partial charge in [-0.15, -0.1) is 0 Å². The van der Waals surface area contributed by atoms with Crippen molar-refractivity contribution in [1.82, 2.24) is 4.31 Å². The Hall–Kier alpha value is -0.560. The summed E-state index contributed by atoms with van der Waals surface area (Å²) in [6, 6.07) is 6.39. The third kappa shape index (κ3) is 3.70. The van der Waals surface area contributed by atoms with Crippen molar-refractivity contribution >= 4 is 21.8 Å². The Morgan fingerprint density at radius 2 is 2.12 bits per heavy atom. The molecule has 0 saturated carbocycles. The second-order valence-corrected chi connectivity index (χ2v) is 6.66. The highest BCUT2D eigenvalue weighted by atomic mass is 32.2. The van der Waals surface area contributed by atoms with Crippen molar-refractivity contribution < 1.29 is 13.5 Å². The third-order valence-corrected chi connectivity index (χ3v) is 4.84. The van der Waals surface area contributed by atoms with E-state index in [9.17, 15) is 8.42 Å². The zero-order valence-electron chi connectivity index (χ0n) is 9.96. The highest BCUT2D eigenvalue weighted by molar-refractivity contribution is 7.98. The summed E-state index contributed by atoms with van der Waals surface area (Å²) in [5.41, 5.74) is 0.601. The minimum Gasteiger partial charge on any atom is -0.392 e. The maximum Gasteiger partial charge on any atom is 0.242 e. The Labute approximate surface area is 107 Å². The zero-order chi connectivity index (χ0) is 12.9. The van der Waals surface area contributed by atoms with E-state index in [-0.39, 0.29) is 11.5 Å². The Bertz CT molecular complexity index is 460. The van der Waals surface area contributed by atoms with Crippen molar-refractivity contribution in [3.05, 3.63) is 29.8 Å². The summed E-state index contributed by atoms with van der Waals surface area (Å²) in [6.45, 7) is 0.324. The highest BCUT2D eigenvalue weighted by Crippen LogP contribution is 2.16. The van der Waals surface area contributed by atoms with Gasteiger partial charge in [-0.1, -0.05) is 12.1 Å². The molecule has 1 N–H and O–H groups in total. The number of aliphatic hydroxyl groups excluding tert-OH is 1. The van der Waals surface area contributed by atoms with Gasteiger partial charge in [0.1, 0.15) is 0 Å². The van der Waals surface area contributed by atoms with E-state index in [1.165, 1.54) is 10.4 Å². The van der Waals surface area contributed by atoms with Crippen molar-refractivity contribution in [1.29, 1.82) is 0 Å². The molecule has 6 heteroatoms. The quantitative estimate of drug-likeness (QED) is 0.846. The van der Waals surface area contributed by atoms with Gasteiger partial charge in [0.2, 0.25) is 10.0 Å². The normalized spacial score (nSPS) is 12.0. The Kier molecular flexibility index (Phi) is 5.45. The van der Waals surface area contributed by atoms with Crippen molar-refractivity contribution in [3.63, 3.8) is 0 Å². The standard InChI is InChI=1S/C11H17NO3S2/c1-12(6-7-16-2)17(14,15)11-5-3-4-10(8-11)9-13/h3-5,8,13H,6-7,9H2,1-2H3. The first-order valence-electron chi connectivity index (χ1n) is 5.17. The minimum atomic E-state index is -3.43. The molecular weight excluding hydrogens is 258 g/mol. The molecule has 1 rings (SSSR count). The molecule has 0 aliphatic carbocycles. The molecule has 0 aliphatic heterocycles. The third-order valence-electron chi connectivity index (χ3n) is 2.40. The molecule has 4 nitrogen and oxygen atoms in total. The average Bonchev–Trinajstić information content (AvgIpc) is 2.35. The molecule has 0 amide bonds. The molecule has 0 spiro atoms. The van der Waals surface area contributed by atoms with E-state index in [0.29, 0.717) is 12.1 Å². The van der Waals surface area contributed by atoms with Crippen molar-refractivity contribution in [2.45, 2.75) is 11.5 Å². The van der Waals surface area contributed by atoms with Crippen LogP contribution in [0.1, 0.15) is 5.56 Å². The number of benzene rings is 1. The van der Waals surface area contributed by atoms with Crippen LogP contribution in [0, 0.1) is 0 Å². The van der Waals surface area contributed by atoms with Crippen LogP contribution in [-0.4, -0.2) is 43.4 Å². The summed E-state index contributed by atoms with van der Waals surface area (Å²) >= 11 is 1.60.